The lowest BCUT2D eigenvalue weighted by Gasteiger charge is -2.08. The summed E-state index contributed by atoms with van der Waals surface area (Å²) < 4.78 is 5.82. The van der Waals surface area contributed by atoms with Crippen molar-refractivity contribution in [3.63, 3.8) is 0 Å². The summed E-state index contributed by atoms with van der Waals surface area (Å²) >= 11 is 12.0. The number of benzene rings is 2. The van der Waals surface area contributed by atoms with Gasteiger partial charge in [0.2, 0.25) is 0 Å². The summed E-state index contributed by atoms with van der Waals surface area (Å²) in [6, 6.07) is 15.7. The van der Waals surface area contributed by atoms with Crippen molar-refractivity contribution in [2.75, 3.05) is 18.4 Å². The van der Waals surface area contributed by atoms with Gasteiger partial charge in [0.25, 0.3) is 5.69 Å². The lowest BCUT2D eigenvalue weighted by molar-refractivity contribution is -0.384. The van der Waals surface area contributed by atoms with Crippen molar-refractivity contribution in [2.24, 2.45) is 0 Å². The largest absolute Gasteiger partial charge is 0.460 e. The van der Waals surface area contributed by atoms with E-state index in [9.17, 15) is 10.1 Å². The van der Waals surface area contributed by atoms with E-state index in [0.717, 1.165) is 17.1 Å². The molecule has 3 rings (SSSR count). The van der Waals surface area contributed by atoms with E-state index in [1.165, 1.54) is 12.1 Å². The van der Waals surface area contributed by atoms with Crippen molar-refractivity contribution < 1.29 is 9.34 Å². The monoisotopic (exact) mass is 405 g/mol. The SMILES string of the molecule is O=[N+]([O-])c1ccc(NCCNCc2ccc(-c3cccc(Cl)c3)o2)c(Cl)c1. The predicted octanol–water partition coefficient (Wildman–Crippen LogP) is 5.36. The number of nitro groups is 1. The fourth-order valence-corrected chi connectivity index (χ4v) is 2.96. The molecule has 140 valence electrons. The maximum absolute atomic E-state index is 10.7. The molecule has 3 aromatic rings. The van der Waals surface area contributed by atoms with E-state index in [4.69, 9.17) is 27.6 Å². The Morgan fingerprint density at radius 2 is 1.89 bits per heavy atom. The van der Waals surface area contributed by atoms with Crippen LogP contribution in [-0.2, 0) is 6.54 Å². The Kier molecular flexibility index (Phi) is 6.34. The van der Waals surface area contributed by atoms with Crippen molar-refractivity contribution in [1.82, 2.24) is 5.32 Å². The molecule has 1 aromatic heterocycles. The number of hydrogen-bond acceptors (Lipinski definition) is 5. The second-order valence-electron chi connectivity index (χ2n) is 5.80. The number of halogens is 2. The van der Waals surface area contributed by atoms with Crippen molar-refractivity contribution in [3.05, 3.63) is 80.5 Å². The number of non-ortho nitro benzene ring substituents is 1. The van der Waals surface area contributed by atoms with Gasteiger partial charge in [0, 0.05) is 35.8 Å². The molecule has 0 spiro atoms. The smallest absolute Gasteiger partial charge is 0.271 e. The molecule has 0 atom stereocenters. The molecule has 27 heavy (non-hydrogen) atoms. The topological polar surface area (TPSA) is 80.3 Å². The number of nitro benzene ring substituents is 1. The Hall–Kier alpha value is -2.54. The molecule has 0 aliphatic carbocycles. The van der Waals surface area contributed by atoms with Gasteiger partial charge in [-0.05, 0) is 30.3 Å². The van der Waals surface area contributed by atoms with E-state index < -0.39 is 4.92 Å². The van der Waals surface area contributed by atoms with Gasteiger partial charge < -0.3 is 15.1 Å². The summed E-state index contributed by atoms with van der Waals surface area (Å²) in [5.41, 5.74) is 1.56. The summed E-state index contributed by atoms with van der Waals surface area (Å²) in [5.74, 6) is 1.59. The van der Waals surface area contributed by atoms with Crippen LogP contribution in [0.1, 0.15) is 5.76 Å². The molecular weight excluding hydrogens is 389 g/mol. The summed E-state index contributed by atoms with van der Waals surface area (Å²) in [7, 11) is 0. The molecule has 0 saturated carbocycles. The van der Waals surface area contributed by atoms with Crippen LogP contribution in [0.2, 0.25) is 10.0 Å². The summed E-state index contributed by atoms with van der Waals surface area (Å²) in [4.78, 5) is 10.2. The molecule has 0 unspecified atom stereocenters. The Morgan fingerprint density at radius 3 is 2.63 bits per heavy atom. The van der Waals surface area contributed by atoms with Crippen molar-refractivity contribution >= 4 is 34.6 Å². The van der Waals surface area contributed by atoms with E-state index in [-0.39, 0.29) is 5.69 Å². The maximum atomic E-state index is 10.7. The number of anilines is 1. The molecule has 8 heteroatoms. The third kappa shape index (κ3) is 5.23. The molecule has 0 amide bonds. The van der Waals surface area contributed by atoms with Gasteiger partial charge in [-0.15, -0.1) is 0 Å². The van der Waals surface area contributed by atoms with Gasteiger partial charge in [0.1, 0.15) is 11.5 Å². The summed E-state index contributed by atoms with van der Waals surface area (Å²) in [6.45, 7) is 1.86. The van der Waals surface area contributed by atoms with Gasteiger partial charge in [-0.25, -0.2) is 0 Å². The zero-order chi connectivity index (χ0) is 19.2. The molecule has 2 aromatic carbocycles. The van der Waals surface area contributed by atoms with Gasteiger partial charge in [0.15, 0.2) is 0 Å². The van der Waals surface area contributed by atoms with Crippen LogP contribution in [0, 0.1) is 10.1 Å². The van der Waals surface area contributed by atoms with Crippen LogP contribution in [0.3, 0.4) is 0 Å². The van der Waals surface area contributed by atoms with E-state index in [1.54, 1.807) is 6.07 Å². The first-order valence-corrected chi connectivity index (χ1v) is 9.02. The average Bonchev–Trinajstić information content (AvgIpc) is 3.11. The highest BCUT2D eigenvalue weighted by atomic mass is 35.5. The molecule has 1 heterocycles. The molecule has 0 bridgehead atoms. The second-order valence-corrected chi connectivity index (χ2v) is 6.64. The number of furan rings is 1. The molecule has 6 nitrogen and oxygen atoms in total. The van der Waals surface area contributed by atoms with Crippen LogP contribution in [0.5, 0.6) is 0 Å². The maximum Gasteiger partial charge on any atom is 0.271 e. The van der Waals surface area contributed by atoms with Crippen LogP contribution >= 0.6 is 23.2 Å². The zero-order valence-corrected chi connectivity index (χ0v) is 15.8. The van der Waals surface area contributed by atoms with E-state index >= 15 is 0 Å². The van der Waals surface area contributed by atoms with Crippen molar-refractivity contribution in [1.29, 1.82) is 0 Å². The number of hydrogen-bond donors (Lipinski definition) is 2. The molecule has 0 fully saturated rings. The lowest BCUT2D eigenvalue weighted by Crippen LogP contribution is -2.21. The summed E-state index contributed by atoms with van der Waals surface area (Å²) in [6.07, 6.45) is 0. The number of rotatable bonds is 8. The van der Waals surface area contributed by atoms with Gasteiger partial charge in [0.05, 0.1) is 22.2 Å². The highest BCUT2D eigenvalue weighted by molar-refractivity contribution is 6.33. The minimum Gasteiger partial charge on any atom is -0.460 e. The molecule has 2 N–H and O–H groups in total. The van der Waals surface area contributed by atoms with Crippen molar-refractivity contribution in [3.8, 4) is 11.3 Å². The van der Waals surface area contributed by atoms with Gasteiger partial charge in [-0.2, -0.15) is 0 Å². The minimum absolute atomic E-state index is 0.0306. The predicted molar refractivity (Wildman–Crippen MR) is 107 cm³/mol. The second kappa shape index (κ2) is 8.90. The highest BCUT2D eigenvalue weighted by Crippen LogP contribution is 2.26. The van der Waals surface area contributed by atoms with E-state index in [1.807, 2.05) is 36.4 Å². The van der Waals surface area contributed by atoms with Crippen LogP contribution in [0.15, 0.2) is 59.0 Å². The first-order valence-electron chi connectivity index (χ1n) is 8.26. The van der Waals surface area contributed by atoms with Crippen LogP contribution in [0.25, 0.3) is 11.3 Å². The third-order valence-electron chi connectivity index (χ3n) is 3.85. The number of nitrogens with zero attached hydrogens (tertiary/aromatic N) is 1. The normalized spacial score (nSPS) is 10.7. The molecule has 0 radical (unpaired) electrons. The standard InChI is InChI=1S/C19H17Cl2N3O3/c20-14-3-1-2-13(10-14)19-7-5-16(27-19)12-22-8-9-23-18-6-4-15(24(25)26)11-17(18)21/h1-7,10-11,22-23H,8-9,12H2. The van der Waals surface area contributed by atoms with Crippen LogP contribution in [0.4, 0.5) is 11.4 Å². The summed E-state index contributed by atoms with van der Waals surface area (Å²) in [5, 5.41) is 18.1. The van der Waals surface area contributed by atoms with Crippen LogP contribution < -0.4 is 10.6 Å². The fraction of sp³-hybridized carbons (Fsp3) is 0.158. The van der Waals surface area contributed by atoms with E-state index in [2.05, 4.69) is 10.6 Å². The molecular formula is C19H17Cl2N3O3. The molecule has 0 saturated heterocycles. The minimum atomic E-state index is -0.474. The number of nitrogens with one attached hydrogen (secondary N) is 2. The third-order valence-corrected chi connectivity index (χ3v) is 4.40. The van der Waals surface area contributed by atoms with Gasteiger partial charge in [-0.3, -0.25) is 10.1 Å². The highest BCUT2D eigenvalue weighted by Gasteiger charge is 2.09. The average molecular weight is 406 g/mol. The Morgan fingerprint density at radius 1 is 1.04 bits per heavy atom. The molecule has 0 aliphatic heterocycles. The van der Waals surface area contributed by atoms with Gasteiger partial charge >= 0.3 is 0 Å². The lowest BCUT2D eigenvalue weighted by atomic mass is 10.2. The molecule has 0 aliphatic rings. The Balaban J connectivity index is 1.45. The quantitative estimate of drug-likeness (QED) is 0.299. The first-order chi connectivity index (χ1) is 13.0. The Bertz CT molecular complexity index is 943. The van der Waals surface area contributed by atoms with Crippen LogP contribution in [-0.4, -0.2) is 18.0 Å². The van der Waals surface area contributed by atoms with Crippen molar-refractivity contribution in [2.45, 2.75) is 6.54 Å². The van der Waals surface area contributed by atoms with Gasteiger partial charge in [-0.1, -0.05) is 35.3 Å². The first kappa shape index (κ1) is 19.2. The van der Waals surface area contributed by atoms with E-state index in [0.29, 0.717) is 35.4 Å². The Labute approximate surface area is 166 Å². The zero-order valence-electron chi connectivity index (χ0n) is 14.2. The fourth-order valence-electron chi connectivity index (χ4n) is 2.53.